The third kappa shape index (κ3) is 4.36. The molecule has 0 radical (unpaired) electrons. The van der Waals surface area contributed by atoms with Gasteiger partial charge < -0.3 is 4.42 Å². The van der Waals surface area contributed by atoms with Crippen molar-refractivity contribution in [3.05, 3.63) is 158 Å². The van der Waals surface area contributed by atoms with Gasteiger partial charge >= 0.3 is 0 Å². The fourth-order valence-electron chi connectivity index (χ4n) is 7.64. The van der Waals surface area contributed by atoms with Gasteiger partial charge in [-0.2, -0.15) is 9.97 Å². The molecule has 4 heterocycles. The molecule has 0 N–H and O–H groups in total. The van der Waals surface area contributed by atoms with E-state index in [4.69, 9.17) is 19.4 Å². The number of para-hydroxylation sites is 2. The molecule has 0 aliphatic carbocycles. The van der Waals surface area contributed by atoms with Gasteiger partial charge in [0.05, 0.1) is 16.4 Å². The minimum atomic E-state index is 0.537. The van der Waals surface area contributed by atoms with Gasteiger partial charge in [0.2, 0.25) is 11.7 Å². The first-order valence-corrected chi connectivity index (χ1v) is 17.2. The van der Waals surface area contributed by atoms with E-state index in [2.05, 4.69) is 142 Å². The van der Waals surface area contributed by atoms with Gasteiger partial charge in [-0.1, -0.05) is 115 Å². The van der Waals surface area contributed by atoms with Crippen LogP contribution >= 0.6 is 0 Å². The van der Waals surface area contributed by atoms with Crippen LogP contribution in [-0.2, 0) is 0 Å². The average molecular weight is 667 g/mol. The van der Waals surface area contributed by atoms with Crippen LogP contribution in [0.3, 0.4) is 0 Å². The third-order valence-corrected chi connectivity index (χ3v) is 10.0. The van der Waals surface area contributed by atoms with E-state index < -0.39 is 0 Å². The summed E-state index contributed by atoms with van der Waals surface area (Å²) in [5.74, 6) is 1.65. The van der Waals surface area contributed by atoms with Crippen LogP contribution in [0.5, 0.6) is 0 Å². The van der Waals surface area contributed by atoms with Gasteiger partial charge in [0.15, 0.2) is 11.6 Å². The summed E-state index contributed by atoms with van der Waals surface area (Å²) < 4.78 is 8.28. The van der Waals surface area contributed by atoms with Gasteiger partial charge in [-0.25, -0.2) is 15.0 Å². The normalized spacial score (nSPS) is 11.8. The van der Waals surface area contributed by atoms with Gasteiger partial charge in [0, 0.05) is 33.5 Å². The lowest BCUT2D eigenvalue weighted by Crippen LogP contribution is -2.06. The first-order chi connectivity index (χ1) is 25.8. The largest absolute Gasteiger partial charge is 0.438 e. The van der Waals surface area contributed by atoms with Crippen molar-refractivity contribution in [2.24, 2.45) is 0 Å². The van der Waals surface area contributed by atoms with E-state index in [0.717, 1.165) is 54.8 Å². The smallest absolute Gasteiger partial charge is 0.238 e. The molecule has 0 atom stereocenters. The number of furan rings is 1. The Bertz CT molecular complexity index is 3160. The number of hydrogen-bond acceptors (Lipinski definition) is 6. The first-order valence-electron chi connectivity index (χ1n) is 17.2. The second kappa shape index (κ2) is 11.1. The molecule has 4 aromatic heterocycles. The zero-order chi connectivity index (χ0) is 34.2. The molecule has 7 nitrogen and oxygen atoms in total. The van der Waals surface area contributed by atoms with E-state index in [0.29, 0.717) is 28.9 Å². The monoisotopic (exact) mass is 666 g/mol. The van der Waals surface area contributed by atoms with Gasteiger partial charge in [-0.3, -0.25) is 4.57 Å². The molecule has 0 saturated heterocycles. The zero-order valence-corrected chi connectivity index (χ0v) is 27.6. The fourth-order valence-corrected chi connectivity index (χ4v) is 7.64. The van der Waals surface area contributed by atoms with Crippen molar-refractivity contribution in [1.29, 1.82) is 0 Å². The molecule has 0 unspecified atom stereocenters. The highest BCUT2D eigenvalue weighted by atomic mass is 16.3. The summed E-state index contributed by atoms with van der Waals surface area (Å²) in [6.45, 7) is 0. The highest BCUT2D eigenvalue weighted by Gasteiger charge is 2.19. The van der Waals surface area contributed by atoms with Crippen LogP contribution in [0.2, 0.25) is 0 Å². The average Bonchev–Trinajstić information content (AvgIpc) is 3.76. The Balaban J connectivity index is 1.15. The van der Waals surface area contributed by atoms with E-state index in [1.165, 1.54) is 27.9 Å². The number of benzene rings is 7. The fraction of sp³-hybridized carbons (Fsp3) is 0. The molecule has 11 aromatic rings. The molecule has 0 saturated carbocycles. The van der Waals surface area contributed by atoms with Gasteiger partial charge in [0.1, 0.15) is 11.9 Å². The Morgan fingerprint density at radius 1 is 0.481 bits per heavy atom. The zero-order valence-electron chi connectivity index (χ0n) is 27.6. The maximum Gasteiger partial charge on any atom is 0.238 e. The lowest BCUT2D eigenvalue weighted by Gasteiger charge is -2.13. The van der Waals surface area contributed by atoms with Crippen molar-refractivity contribution in [3.63, 3.8) is 0 Å². The molecule has 7 heteroatoms. The van der Waals surface area contributed by atoms with Crippen LogP contribution in [0.15, 0.2) is 163 Å². The molecule has 0 bridgehead atoms. The first kappa shape index (κ1) is 28.6. The maximum absolute atomic E-state index is 6.15. The van der Waals surface area contributed by atoms with Crippen molar-refractivity contribution in [3.8, 4) is 39.9 Å². The molecule has 0 spiro atoms. The molecule has 0 fully saturated rings. The predicted octanol–water partition coefficient (Wildman–Crippen LogP) is 11.0. The molecule has 242 valence electrons. The summed E-state index contributed by atoms with van der Waals surface area (Å²) in [6, 6.07) is 50.7. The molecule has 52 heavy (non-hydrogen) atoms. The number of aromatic nitrogens is 6. The molecular weight excluding hydrogens is 641 g/mol. The predicted molar refractivity (Wildman–Crippen MR) is 208 cm³/mol. The van der Waals surface area contributed by atoms with Gasteiger partial charge in [0.25, 0.3) is 0 Å². The van der Waals surface area contributed by atoms with Crippen molar-refractivity contribution < 1.29 is 4.42 Å². The summed E-state index contributed by atoms with van der Waals surface area (Å²) in [5, 5.41) is 8.94. The van der Waals surface area contributed by atoms with E-state index in [-0.39, 0.29) is 0 Å². The van der Waals surface area contributed by atoms with E-state index in [1.807, 2.05) is 18.2 Å². The van der Waals surface area contributed by atoms with Crippen molar-refractivity contribution in [2.75, 3.05) is 0 Å². The van der Waals surface area contributed by atoms with Crippen molar-refractivity contribution in [1.82, 2.24) is 29.5 Å². The SMILES string of the molecule is c1cc(-c2nc(-c3ccc4c(c3)oc3ncncc34)nc(-n3c4ccccc4c4ccccc43)n2)cc(-c2cccc3ccc4ccccc4c23)c1. The number of nitrogens with zero attached hydrogens (tertiary/aromatic N) is 6. The summed E-state index contributed by atoms with van der Waals surface area (Å²) in [6.07, 6.45) is 3.28. The van der Waals surface area contributed by atoms with Crippen molar-refractivity contribution >= 4 is 65.4 Å². The molecule has 0 amide bonds. The molecular formula is C45H26N6O. The topological polar surface area (TPSA) is 82.5 Å². The Morgan fingerprint density at radius 3 is 1.98 bits per heavy atom. The van der Waals surface area contributed by atoms with Crippen LogP contribution in [-0.4, -0.2) is 29.5 Å². The lowest BCUT2D eigenvalue weighted by molar-refractivity contribution is 0.653. The maximum atomic E-state index is 6.15. The van der Waals surface area contributed by atoms with Crippen LogP contribution in [0, 0.1) is 0 Å². The van der Waals surface area contributed by atoms with Crippen LogP contribution < -0.4 is 0 Å². The third-order valence-electron chi connectivity index (χ3n) is 10.0. The quantitative estimate of drug-likeness (QED) is 0.174. The van der Waals surface area contributed by atoms with E-state index in [1.54, 1.807) is 6.20 Å². The standard InChI is InChI=1S/C45H26N6O/c1-2-13-32-27(9-1)19-20-28-10-8-16-33(41(28)32)29-11-7-12-30(23-29)42-48-43(31-21-22-36-37-25-46-26-47-44(37)52-40(36)24-31)50-45(49-42)51-38-17-5-3-14-34(38)35-15-4-6-18-39(35)51/h1-26H. The number of fused-ring (bicyclic) bond motifs is 9. The molecule has 0 aliphatic rings. The summed E-state index contributed by atoms with van der Waals surface area (Å²) >= 11 is 0. The minimum Gasteiger partial charge on any atom is -0.438 e. The van der Waals surface area contributed by atoms with Crippen molar-refractivity contribution in [2.45, 2.75) is 0 Å². The molecule has 0 aliphatic heterocycles. The highest BCUT2D eigenvalue weighted by molar-refractivity contribution is 6.14. The Labute approximate surface area is 296 Å². The second-order valence-electron chi connectivity index (χ2n) is 13.0. The summed E-state index contributed by atoms with van der Waals surface area (Å²) in [5.41, 5.74) is 7.23. The number of hydrogen-bond donors (Lipinski definition) is 0. The van der Waals surface area contributed by atoms with E-state index in [9.17, 15) is 0 Å². The second-order valence-corrected chi connectivity index (χ2v) is 13.0. The molecule has 11 rings (SSSR count). The van der Waals surface area contributed by atoms with Crippen LogP contribution in [0.25, 0.3) is 105 Å². The van der Waals surface area contributed by atoms with E-state index >= 15 is 0 Å². The van der Waals surface area contributed by atoms with Crippen LogP contribution in [0.1, 0.15) is 0 Å². The lowest BCUT2D eigenvalue weighted by atomic mass is 9.93. The molecule has 7 aromatic carbocycles. The Hall–Kier alpha value is -7.25. The number of rotatable bonds is 4. The van der Waals surface area contributed by atoms with Gasteiger partial charge in [-0.05, 0) is 63.0 Å². The highest BCUT2D eigenvalue weighted by Crippen LogP contribution is 2.37. The van der Waals surface area contributed by atoms with Crippen LogP contribution in [0.4, 0.5) is 0 Å². The Kier molecular flexibility index (Phi) is 6.12. The minimum absolute atomic E-state index is 0.537. The summed E-state index contributed by atoms with van der Waals surface area (Å²) in [4.78, 5) is 24.1. The van der Waals surface area contributed by atoms with Gasteiger partial charge in [-0.15, -0.1) is 0 Å². The Morgan fingerprint density at radius 2 is 1.15 bits per heavy atom. The summed E-state index contributed by atoms with van der Waals surface area (Å²) in [7, 11) is 0.